The lowest BCUT2D eigenvalue weighted by molar-refractivity contribution is 0.0913. The molecule has 3 N–H and O–H groups in total. The Labute approximate surface area is 113 Å². The van der Waals surface area contributed by atoms with Gasteiger partial charge in [0.2, 0.25) is 0 Å². The van der Waals surface area contributed by atoms with Crippen molar-refractivity contribution in [3.05, 3.63) is 65.7 Å². The van der Waals surface area contributed by atoms with Crippen LogP contribution in [0.15, 0.2) is 54.6 Å². The number of carbonyl (C=O) groups is 1. The summed E-state index contributed by atoms with van der Waals surface area (Å²) in [7, 11) is 0. The van der Waals surface area contributed by atoms with E-state index in [1.165, 1.54) is 0 Å². The van der Waals surface area contributed by atoms with Crippen LogP contribution in [0.25, 0.3) is 0 Å². The van der Waals surface area contributed by atoms with Crippen LogP contribution in [-0.2, 0) is 5.54 Å². The molecule has 3 nitrogen and oxygen atoms in total. The van der Waals surface area contributed by atoms with Gasteiger partial charge < -0.3 is 11.1 Å². The Balaban J connectivity index is 2.22. The molecule has 0 fully saturated rings. The van der Waals surface area contributed by atoms with Crippen LogP contribution >= 0.6 is 0 Å². The molecule has 0 bridgehead atoms. The maximum Gasteiger partial charge on any atom is 0.254 e. The van der Waals surface area contributed by atoms with Crippen molar-refractivity contribution in [1.82, 2.24) is 5.32 Å². The highest BCUT2D eigenvalue weighted by atomic mass is 16.1. The SMILES string of the molecule is CC(C)(NC(=O)c1ccccc1N)c1ccccc1. The van der Waals surface area contributed by atoms with E-state index in [2.05, 4.69) is 5.32 Å². The quantitative estimate of drug-likeness (QED) is 0.827. The van der Waals surface area contributed by atoms with Gasteiger partial charge in [0.25, 0.3) is 5.91 Å². The molecule has 0 aliphatic heterocycles. The summed E-state index contributed by atoms with van der Waals surface area (Å²) in [5, 5.41) is 3.01. The predicted molar refractivity (Wildman–Crippen MR) is 77.8 cm³/mol. The molecule has 0 aliphatic carbocycles. The number of amides is 1. The number of hydrogen-bond donors (Lipinski definition) is 2. The lowest BCUT2D eigenvalue weighted by Crippen LogP contribution is -2.41. The molecule has 0 spiro atoms. The first-order valence-corrected chi connectivity index (χ1v) is 6.23. The van der Waals surface area contributed by atoms with Gasteiger partial charge in [0.1, 0.15) is 0 Å². The third-order valence-electron chi connectivity index (χ3n) is 3.13. The van der Waals surface area contributed by atoms with Gasteiger partial charge in [-0.3, -0.25) is 4.79 Å². The van der Waals surface area contributed by atoms with Crippen molar-refractivity contribution in [1.29, 1.82) is 0 Å². The van der Waals surface area contributed by atoms with Crippen LogP contribution in [-0.4, -0.2) is 5.91 Å². The first-order chi connectivity index (χ1) is 9.00. The number of nitrogens with one attached hydrogen (secondary N) is 1. The fourth-order valence-electron chi connectivity index (χ4n) is 1.98. The van der Waals surface area contributed by atoms with E-state index < -0.39 is 5.54 Å². The smallest absolute Gasteiger partial charge is 0.254 e. The van der Waals surface area contributed by atoms with Crippen molar-refractivity contribution >= 4 is 11.6 Å². The molecule has 0 aromatic heterocycles. The standard InChI is InChI=1S/C16H18N2O/c1-16(2,12-8-4-3-5-9-12)18-15(19)13-10-6-7-11-14(13)17/h3-11H,17H2,1-2H3,(H,18,19). The highest BCUT2D eigenvalue weighted by Crippen LogP contribution is 2.21. The molecule has 0 aliphatic rings. The van der Waals surface area contributed by atoms with Gasteiger partial charge in [-0.25, -0.2) is 0 Å². The molecule has 0 heterocycles. The number of hydrogen-bond acceptors (Lipinski definition) is 2. The van der Waals surface area contributed by atoms with E-state index in [1.54, 1.807) is 18.2 Å². The molecule has 0 unspecified atom stereocenters. The van der Waals surface area contributed by atoms with Crippen molar-refractivity contribution in [2.24, 2.45) is 0 Å². The van der Waals surface area contributed by atoms with Crippen LogP contribution in [0.5, 0.6) is 0 Å². The third kappa shape index (κ3) is 2.94. The number of rotatable bonds is 3. The maximum absolute atomic E-state index is 12.3. The summed E-state index contributed by atoms with van der Waals surface area (Å²) < 4.78 is 0. The Morgan fingerprint density at radius 3 is 2.21 bits per heavy atom. The minimum atomic E-state index is -0.444. The van der Waals surface area contributed by atoms with Crippen molar-refractivity contribution in [2.75, 3.05) is 5.73 Å². The number of carbonyl (C=O) groups excluding carboxylic acids is 1. The summed E-state index contributed by atoms with van der Waals surface area (Å²) in [6, 6.07) is 16.9. The van der Waals surface area contributed by atoms with Gasteiger partial charge in [0, 0.05) is 5.69 Å². The second-order valence-electron chi connectivity index (χ2n) is 5.03. The van der Waals surface area contributed by atoms with Gasteiger partial charge in [-0.2, -0.15) is 0 Å². The van der Waals surface area contributed by atoms with E-state index in [4.69, 9.17) is 5.73 Å². The maximum atomic E-state index is 12.3. The third-order valence-corrected chi connectivity index (χ3v) is 3.13. The highest BCUT2D eigenvalue weighted by molar-refractivity contribution is 5.99. The Bertz CT molecular complexity index is 576. The fourth-order valence-corrected chi connectivity index (χ4v) is 1.98. The molecule has 0 radical (unpaired) electrons. The Morgan fingerprint density at radius 2 is 1.58 bits per heavy atom. The van der Waals surface area contributed by atoms with E-state index in [1.807, 2.05) is 50.2 Å². The van der Waals surface area contributed by atoms with Crippen molar-refractivity contribution in [3.63, 3.8) is 0 Å². The number of para-hydroxylation sites is 1. The number of nitrogens with two attached hydrogens (primary N) is 1. The van der Waals surface area contributed by atoms with E-state index in [9.17, 15) is 4.79 Å². The summed E-state index contributed by atoms with van der Waals surface area (Å²) in [6.07, 6.45) is 0. The molecular formula is C16H18N2O. The van der Waals surface area contributed by atoms with Gasteiger partial charge in [0.05, 0.1) is 11.1 Å². The lowest BCUT2D eigenvalue weighted by atomic mass is 9.94. The van der Waals surface area contributed by atoms with Gasteiger partial charge in [-0.15, -0.1) is 0 Å². The Hall–Kier alpha value is -2.29. The predicted octanol–water partition coefficient (Wildman–Crippen LogP) is 2.93. The molecule has 2 aromatic rings. The van der Waals surface area contributed by atoms with E-state index in [0.29, 0.717) is 11.3 Å². The van der Waals surface area contributed by atoms with Crippen LogP contribution in [0, 0.1) is 0 Å². The molecule has 19 heavy (non-hydrogen) atoms. The summed E-state index contributed by atoms with van der Waals surface area (Å²) >= 11 is 0. The average Bonchev–Trinajstić information content (AvgIpc) is 2.39. The lowest BCUT2D eigenvalue weighted by Gasteiger charge is -2.27. The molecule has 3 heteroatoms. The zero-order chi connectivity index (χ0) is 13.9. The summed E-state index contributed by atoms with van der Waals surface area (Å²) in [5.41, 5.74) is 7.42. The van der Waals surface area contributed by atoms with Gasteiger partial charge >= 0.3 is 0 Å². The zero-order valence-electron chi connectivity index (χ0n) is 11.2. The molecule has 0 saturated carbocycles. The molecule has 2 aromatic carbocycles. The second-order valence-corrected chi connectivity index (χ2v) is 5.03. The second kappa shape index (κ2) is 5.14. The van der Waals surface area contributed by atoms with Crippen LogP contribution < -0.4 is 11.1 Å². The van der Waals surface area contributed by atoms with E-state index in [-0.39, 0.29) is 5.91 Å². The van der Waals surface area contributed by atoms with Crippen LogP contribution in [0.1, 0.15) is 29.8 Å². The van der Waals surface area contributed by atoms with Crippen LogP contribution in [0.3, 0.4) is 0 Å². The molecule has 1 amide bonds. The largest absolute Gasteiger partial charge is 0.398 e. The zero-order valence-corrected chi connectivity index (χ0v) is 11.2. The molecule has 2 rings (SSSR count). The van der Waals surface area contributed by atoms with Crippen molar-refractivity contribution in [2.45, 2.75) is 19.4 Å². The van der Waals surface area contributed by atoms with Crippen molar-refractivity contribution < 1.29 is 4.79 Å². The van der Waals surface area contributed by atoms with E-state index >= 15 is 0 Å². The summed E-state index contributed by atoms with van der Waals surface area (Å²) in [4.78, 5) is 12.3. The average molecular weight is 254 g/mol. The monoisotopic (exact) mass is 254 g/mol. The number of benzene rings is 2. The summed E-state index contributed by atoms with van der Waals surface area (Å²) in [6.45, 7) is 3.94. The topological polar surface area (TPSA) is 55.1 Å². The molecule has 98 valence electrons. The number of nitrogen functional groups attached to an aromatic ring is 1. The minimum absolute atomic E-state index is 0.160. The normalized spacial score (nSPS) is 11.1. The fraction of sp³-hybridized carbons (Fsp3) is 0.188. The highest BCUT2D eigenvalue weighted by Gasteiger charge is 2.23. The minimum Gasteiger partial charge on any atom is -0.398 e. The first kappa shape index (κ1) is 13.1. The molecule has 0 saturated heterocycles. The van der Waals surface area contributed by atoms with Gasteiger partial charge in [-0.1, -0.05) is 42.5 Å². The Morgan fingerprint density at radius 1 is 1.00 bits per heavy atom. The van der Waals surface area contributed by atoms with Crippen LogP contribution in [0.4, 0.5) is 5.69 Å². The first-order valence-electron chi connectivity index (χ1n) is 6.23. The van der Waals surface area contributed by atoms with E-state index in [0.717, 1.165) is 5.56 Å². The molecule has 0 atom stereocenters. The Kier molecular flexibility index (Phi) is 3.56. The molecular weight excluding hydrogens is 236 g/mol. The summed E-state index contributed by atoms with van der Waals surface area (Å²) in [5.74, 6) is -0.160. The number of anilines is 1. The van der Waals surface area contributed by atoms with Gasteiger partial charge in [0.15, 0.2) is 0 Å². The van der Waals surface area contributed by atoms with Crippen LogP contribution in [0.2, 0.25) is 0 Å². The van der Waals surface area contributed by atoms with Gasteiger partial charge in [-0.05, 0) is 31.5 Å². The van der Waals surface area contributed by atoms with Crippen molar-refractivity contribution in [3.8, 4) is 0 Å².